The minimum Gasteiger partial charge on any atom is -0.493 e. The van der Waals surface area contributed by atoms with Gasteiger partial charge in [0.2, 0.25) is 5.91 Å². The van der Waals surface area contributed by atoms with Crippen LogP contribution in [0, 0.1) is 0 Å². The molecular weight excluding hydrogens is 387 g/mol. The Morgan fingerprint density at radius 1 is 1.11 bits per heavy atom. The fraction of sp³-hybridized carbons (Fsp3) is 0.350. The van der Waals surface area contributed by atoms with E-state index in [-0.39, 0.29) is 12.5 Å². The Hall–Kier alpha value is -1.95. The van der Waals surface area contributed by atoms with E-state index in [9.17, 15) is 4.79 Å². The zero-order chi connectivity index (χ0) is 19.8. The number of nitrogens with zero attached hydrogens (tertiary/aromatic N) is 1. The number of hydrogen-bond donors (Lipinski definition) is 1. The first kappa shape index (κ1) is 21.4. The number of carbonyl (C=O) groups excluding carboxylic acids is 1. The van der Waals surface area contributed by atoms with E-state index < -0.39 is 0 Å². The van der Waals surface area contributed by atoms with Gasteiger partial charge in [-0.05, 0) is 37.2 Å². The second-order valence-electron chi connectivity index (χ2n) is 6.16. The van der Waals surface area contributed by atoms with Crippen molar-refractivity contribution in [2.24, 2.45) is 0 Å². The van der Waals surface area contributed by atoms with Crippen molar-refractivity contribution >= 4 is 29.1 Å². The lowest BCUT2D eigenvalue weighted by Crippen LogP contribution is -2.35. The standard InChI is InChI=1S/C20H24Cl2N2O3/c1-24(12-15-5-4-6-18(26-2)20(15)27-3)13-19(25)23-10-9-14-7-8-16(21)11-17(14)22/h4-8,11H,9-10,12-13H2,1-3H3,(H,23,25). The lowest BCUT2D eigenvalue weighted by atomic mass is 10.1. The molecule has 0 radical (unpaired) electrons. The van der Waals surface area contributed by atoms with Gasteiger partial charge in [-0.1, -0.05) is 41.4 Å². The van der Waals surface area contributed by atoms with E-state index >= 15 is 0 Å². The van der Waals surface area contributed by atoms with E-state index in [1.54, 1.807) is 26.4 Å². The van der Waals surface area contributed by atoms with Gasteiger partial charge >= 0.3 is 0 Å². The number of para-hydroxylation sites is 1. The molecule has 0 aliphatic rings. The molecule has 2 aromatic rings. The third-order valence-corrected chi connectivity index (χ3v) is 4.66. The third-order valence-electron chi connectivity index (χ3n) is 4.07. The van der Waals surface area contributed by atoms with Crippen molar-refractivity contribution in [2.45, 2.75) is 13.0 Å². The van der Waals surface area contributed by atoms with Crippen LogP contribution in [-0.2, 0) is 17.8 Å². The normalized spacial score (nSPS) is 10.7. The van der Waals surface area contributed by atoms with E-state index in [2.05, 4.69) is 5.32 Å². The van der Waals surface area contributed by atoms with Gasteiger partial charge in [0.05, 0.1) is 20.8 Å². The van der Waals surface area contributed by atoms with Crippen molar-refractivity contribution < 1.29 is 14.3 Å². The molecule has 0 aromatic heterocycles. The number of nitrogens with one attached hydrogen (secondary N) is 1. The Bertz CT molecular complexity index is 784. The fourth-order valence-corrected chi connectivity index (χ4v) is 3.29. The number of likely N-dealkylation sites (N-methyl/N-ethyl adjacent to an activating group) is 1. The van der Waals surface area contributed by atoms with Crippen LogP contribution < -0.4 is 14.8 Å². The van der Waals surface area contributed by atoms with Crippen molar-refractivity contribution in [1.82, 2.24) is 10.2 Å². The van der Waals surface area contributed by atoms with Crippen LogP contribution in [0.4, 0.5) is 0 Å². The SMILES string of the molecule is COc1cccc(CN(C)CC(=O)NCCc2ccc(Cl)cc2Cl)c1OC. The van der Waals surface area contributed by atoms with Crippen molar-refractivity contribution in [3.8, 4) is 11.5 Å². The quantitative estimate of drug-likeness (QED) is 0.682. The zero-order valence-corrected chi connectivity index (χ0v) is 17.2. The maximum Gasteiger partial charge on any atom is 0.234 e. The summed E-state index contributed by atoms with van der Waals surface area (Å²) in [5, 5.41) is 4.12. The summed E-state index contributed by atoms with van der Waals surface area (Å²) in [5.41, 5.74) is 1.91. The first-order chi connectivity index (χ1) is 12.9. The Morgan fingerprint density at radius 2 is 1.89 bits per heavy atom. The molecule has 0 heterocycles. The molecule has 0 saturated carbocycles. The number of benzene rings is 2. The average molecular weight is 411 g/mol. The molecule has 27 heavy (non-hydrogen) atoms. The Morgan fingerprint density at radius 3 is 2.56 bits per heavy atom. The molecule has 0 saturated heterocycles. The van der Waals surface area contributed by atoms with Gasteiger partial charge in [0.1, 0.15) is 0 Å². The predicted octanol–water partition coefficient (Wildman–Crippen LogP) is 3.80. The van der Waals surface area contributed by atoms with E-state index in [1.165, 1.54) is 0 Å². The van der Waals surface area contributed by atoms with Crippen LogP contribution in [0.15, 0.2) is 36.4 Å². The largest absolute Gasteiger partial charge is 0.493 e. The van der Waals surface area contributed by atoms with Crippen LogP contribution in [0.5, 0.6) is 11.5 Å². The first-order valence-corrected chi connectivity index (χ1v) is 9.29. The Kier molecular flexibility index (Phi) is 8.23. The summed E-state index contributed by atoms with van der Waals surface area (Å²) in [5.74, 6) is 1.31. The molecular formula is C20H24Cl2N2O3. The summed E-state index contributed by atoms with van der Waals surface area (Å²) in [6.45, 7) is 1.35. The topological polar surface area (TPSA) is 50.8 Å². The second kappa shape index (κ2) is 10.4. The lowest BCUT2D eigenvalue weighted by Gasteiger charge is -2.19. The molecule has 2 rings (SSSR count). The molecule has 2 aromatic carbocycles. The Labute approximate surface area is 170 Å². The number of hydrogen-bond acceptors (Lipinski definition) is 4. The summed E-state index contributed by atoms with van der Waals surface area (Å²) in [6, 6.07) is 11.1. The molecule has 0 aliphatic heterocycles. The molecule has 0 atom stereocenters. The number of halogens is 2. The first-order valence-electron chi connectivity index (χ1n) is 8.53. The summed E-state index contributed by atoms with van der Waals surface area (Å²) < 4.78 is 10.7. The molecule has 0 bridgehead atoms. The van der Waals surface area contributed by atoms with Gasteiger partial charge in [-0.2, -0.15) is 0 Å². The van der Waals surface area contributed by atoms with Crippen LogP contribution in [0.25, 0.3) is 0 Å². The lowest BCUT2D eigenvalue weighted by molar-refractivity contribution is -0.122. The summed E-state index contributed by atoms with van der Waals surface area (Å²) in [7, 11) is 5.09. The highest BCUT2D eigenvalue weighted by molar-refractivity contribution is 6.35. The van der Waals surface area contributed by atoms with Crippen LogP contribution in [0.3, 0.4) is 0 Å². The molecule has 0 aliphatic carbocycles. The number of methoxy groups -OCH3 is 2. The van der Waals surface area contributed by atoms with Gasteiger partial charge in [-0.3, -0.25) is 9.69 Å². The monoisotopic (exact) mass is 410 g/mol. The maximum absolute atomic E-state index is 12.2. The second-order valence-corrected chi connectivity index (χ2v) is 7.00. The highest BCUT2D eigenvalue weighted by Gasteiger charge is 2.13. The van der Waals surface area contributed by atoms with Gasteiger partial charge in [0.15, 0.2) is 11.5 Å². The molecule has 7 heteroatoms. The Balaban J connectivity index is 1.83. The fourth-order valence-electron chi connectivity index (χ4n) is 2.79. The predicted molar refractivity (Wildman–Crippen MR) is 109 cm³/mol. The number of amides is 1. The minimum atomic E-state index is -0.0514. The van der Waals surface area contributed by atoms with E-state index in [1.807, 2.05) is 36.2 Å². The van der Waals surface area contributed by atoms with Gasteiger partial charge in [-0.25, -0.2) is 0 Å². The molecule has 0 unspecified atom stereocenters. The zero-order valence-electron chi connectivity index (χ0n) is 15.7. The molecule has 1 N–H and O–H groups in total. The van der Waals surface area contributed by atoms with Crippen molar-refractivity contribution in [1.29, 1.82) is 0 Å². The van der Waals surface area contributed by atoms with Gasteiger partial charge in [0, 0.05) is 28.7 Å². The van der Waals surface area contributed by atoms with Gasteiger partial charge in [0.25, 0.3) is 0 Å². The smallest absolute Gasteiger partial charge is 0.234 e. The van der Waals surface area contributed by atoms with Crippen LogP contribution >= 0.6 is 23.2 Å². The van der Waals surface area contributed by atoms with E-state index in [4.69, 9.17) is 32.7 Å². The average Bonchev–Trinajstić information content (AvgIpc) is 2.63. The summed E-state index contributed by atoms with van der Waals surface area (Å²) >= 11 is 12.0. The highest BCUT2D eigenvalue weighted by atomic mass is 35.5. The van der Waals surface area contributed by atoms with Gasteiger partial charge < -0.3 is 14.8 Å². The van der Waals surface area contributed by atoms with Crippen molar-refractivity contribution in [3.63, 3.8) is 0 Å². The minimum absolute atomic E-state index is 0.0514. The van der Waals surface area contributed by atoms with Crippen molar-refractivity contribution in [3.05, 3.63) is 57.6 Å². The summed E-state index contributed by atoms with van der Waals surface area (Å²) in [6.07, 6.45) is 0.648. The van der Waals surface area contributed by atoms with Gasteiger partial charge in [-0.15, -0.1) is 0 Å². The van der Waals surface area contributed by atoms with Crippen LogP contribution in [-0.4, -0.2) is 45.2 Å². The summed E-state index contributed by atoms with van der Waals surface area (Å²) in [4.78, 5) is 14.1. The molecule has 146 valence electrons. The molecule has 1 amide bonds. The van der Waals surface area contributed by atoms with Crippen LogP contribution in [0.2, 0.25) is 10.0 Å². The molecule has 0 spiro atoms. The number of rotatable bonds is 9. The molecule has 5 nitrogen and oxygen atoms in total. The molecule has 0 fully saturated rings. The maximum atomic E-state index is 12.2. The number of ether oxygens (including phenoxy) is 2. The third kappa shape index (κ3) is 6.31. The van der Waals surface area contributed by atoms with E-state index in [0.29, 0.717) is 41.1 Å². The van der Waals surface area contributed by atoms with Crippen LogP contribution in [0.1, 0.15) is 11.1 Å². The highest BCUT2D eigenvalue weighted by Crippen LogP contribution is 2.31. The van der Waals surface area contributed by atoms with Crippen molar-refractivity contribution in [2.75, 3.05) is 34.4 Å². The number of carbonyl (C=O) groups is 1. The van der Waals surface area contributed by atoms with E-state index in [0.717, 1.165) is 11.1 Å².